The van der Waals surface area contributed by atoms with E-state index >= 15 is 0 Å². The highest BCUT2D eigenvalue weighted by molar-refractivity contribution is 7.89. The molecule has 0 saturated heterocycles. The maximum Gasteiger partial charge on any atom is 0.242 e. The number of sulfonamides is 1. The van der Waals surface area contributed by atoms with Gasteiger partial charge in [0.2, 0.25) is 10.0 Å². The zero-order valence-electron chi connectivity index (χ0n) is 11.5. The number of rotatable bonds is 6. The number of benzene rings is 1. The topological polar surface area (TPSA) is 96.0 Å². The summed E-state index contributed by atoms with van der Waals surface area (Å²) < 4.78 is 40.1. The van der Waals surface area contributed by atoms with Crippen molar-refractivity contribution in [2.75, 3.05) is 6.54 Å². The van der Waals surface area contributed by atoms with Gasteiger partial charge in [0.1, 0.15) is 22.3 Å². The second-order valence-corrected chi connectivity index (χ2v) is 6.35. The lowest BCUT2D eigenvalue weighted by molar-refractivity contribution is 0.391. The Labute approximate surface area is 118 Å². The summed E-state index contributed by atoms with van der Waals surface area (Å²) in [4.78, 5) is -0.366. The average Bonchev–Trinajstić information content (AvgIpc) is 2.44. The number of nitriles is 1. The molecule has 0 aliphatic heterocycles. The fourth-order valence-electron chi connectivity index (χ4n) is 1.65. The molecule has 0 spiro atoms. The van der Waals surface area contributed by atoms with Gasteiger partial charge in [-0.15, -0.1) is 0 Å². The summed E-state index contributed by atoms with van der Waals surface area (Å²) in [6.07, 6.45) is 1.19. The largest absolute Gasteiger partial charge is 0.324 e. The van der Waals surface area contributed by atoms with Gasteiger partial charge in [-0.2, -0.15) is 5.26 Å². The van der Waals surface area contributed by atoms with Crippen LogP contribution in [0.25, 0.3) is 0 Å². The summed E-state index contributed by atoms with van der Waals surface area (Å²) in [6.45, 7) is 3.76. The van der Waals surface area contributed by atoms with Crippen LogP contribution < -0.4 is 10.5 Å². The first kappa shape index (κ1) is 16.6. The van der Waals surface area contributed by atoms with Gasteiger partial charge >= 0.3 is 0 Å². The van der Waals surface area contributed by atoms with E-state index in [0.717, 1.165) is 6.07 Å². The Bertz CT molecular complexity index is 619. The Hall–Kier alpha value is -1.49. The molecule has 0 amide bonds. The Balaban J connectivity index is 3.08. The fourth-order valence-corrected chi connectivity index (χ4v) is 2.96. The van der Waals surface area contributed by atoms with Gasteiger partial charge in [-0.3, -0.25) is 0 Å². The van der Waals surface area contributed by atoms with E-state index in [2.05, 4.69) is 4.72 Å². The van der Waals surface area contributed by atoms with E-state index in [1.165, 1.54) is 12.1 Å². The van der Waals surface area contributed by atoms with Gasteiger partial charge in [-0.05, 0) is 25.0 Å². The number of hydrogen-bond donors (Lipinski definition) is 2. The molecule has 0 aliphatic rings. The van der Waals surface area contributed by atoms with Crippen LogP contribution in [-0.2, 0) is 10.0 Å². The zero-order chi connectivity index (χ0) is 15.4. The van der Waals surface area contributed by atoms with E-state index in [1.54, 1.807) is 6.07 Å². The molecule has 5 nitrogen and oxygen atoms in total. The molecular formula is C13H18FN3O2S. The maximum absolute atomic E-state index is 13.4. The normalized spacial score (nSPS) is 12.2. The number of nitrogens with two attached hydrogens (primary N) is 1. The van der Waals surface area contributed by atoms with E-state index < -0.39 is 26.9 Å². The van der Waals surface area contributed by atoms with Crippen LogP contribution in [0.3, 0.4) is 0 Å². The molecule has 1 rings (SSSR count). The number of halogens is 1. The highest BCUT2D eigenvalue weighted by Crippen LogP contribution is 2.19. The Morgan fingerprint density at radius 3 is 2.50 bits per heavy atom. The summed E-state index contributed by atoms with van der Waals surface area (Å²) in [5.41, 5.74) is 4.87. The van der Waals surface area contributed by atoms with Crippen molar-refractivity contribution < 1.29 is 12.8 Å². The minimum absolute atomic E-state index is 0.0315. The fraction of sp³-hybridized carbons (Fsp3) is 0.462. The summed E-state index contributed by atoms with van der Waals surface area (Å²) in [5, 5.41) is 8.88. The number of nitrogens with one attached hydrogen (secondary N) is 1. The smallest absolute Gasteiger partial charge is 0.242 e. The monoisotopic (exact) mass is 299 g/mol. The van der Waals surface area contributed by atoms with Gasteiger partial charge in [0, 0.05) is 12.1 Å². The predicted octanol–water partition coefficient (Wildman–Crippen LogP) is 1.49. The predicted molar refractivity (Wildman–Crippen MR) is 73.8 cm³/mol. The molecule has 3 N–H and O–H groups in total. The molecule has 0 atom stereocenters. The molecule has 0 aromatic heterocycles. The lowest BCUT2D eigenvalue weighted by Gasteiger charge is -2.26. The summed E-state index contributed by atoms with van der Waals surface area (Å²) in [6, 6.07) is 5.06. The van der Waals surface area contributed by atoms with Crippen molar-refractivity contribution in [1.29, 1.82) is 5.26 Å². The van der Waals surface area contributed by atoms with E-state index in [4.69, 9.17) is 11.0 Å². The highest BCUT2D eigenvalue weighted by Gasteiger charge is 2.26. The third-order valence-corrected chi connectivity index (χ3v) is 4.84. The minimum Gasteiger partial charge on any atom is -0.324 e. The molecule has 0 saturated carbocycles. The maximum atomic E-state index is 13.4. The number of hydrogen-bond acceptors (Lipinski definition) is 4. The third kappa shape index (κ3) is 3.54. The lowest BCUT2D eigenvalue weighted by Crippen LogP contribution is -2.49. The Morgan fingerprint density at radius 1 is 1.40 bits per heavy atom. The first-order valence-corrected chi connectivity index (χ1v) is 7.75. The van der Waals surface area contributed by atoms with E-state index in [0.29, 0.717) is 12.8 Å². The first-order valence-electron chi connectivity index (χ1n) is 6.27. The van der Waals surface area contributed by atoms with E-state index in [1.807, 2.05) is 13.8 Å². The standard InChI is InChI=1S/C13H18FN3O2S/c1-3-13(16,4-2)9-17-20(18,19)12-7-5-6-11(14)10(12)8-15/h5-7,17H,3-4,9,16H2,1-2H3. The minimum atomic E-state index is -3.97. The Kier molecular flexibility index (Phi) is 5.22. The zero-order valence-corrected chi connectivity index (χ0v) is 12.3. The molecule has 1 aromatic rings. The van der Waals surface area contributed by atoms with Crippen LogP contribution in [0.2, 0.25) is 0 Å². The Morgan fingerprint density at radius 2 is 2.00 bits per heavy atom. The van der Waals surface area contributed by atoms with Gasteiger partial charge in [-0.25, -0.2) is 17.5 Å². The van der Waals surface area contributed by atoms with Crippen LogP contribution in [0.1, 0.15) is 32.3 Å². The molecule has 0 heterocycles. The van der Waals surface area contributed by atoms with Gasteiger partial charge in [-0.1, -0.05) is 19.9 Å². The molecule has 20 heavy (non-hydrogen) atoms. The van der Waals surface area contributed by atoms with Crippen molar-refractivity contribution in [3.63, 3.8) is 0 Å². The number of nitrogens with zero attached hydrogens (tertiary/aromatic N) is 1. The molecule has 0 aliphatic carbocycles. The highest BCUT2D eigenvalue weighted by atomic mass is 32.2. The average molecular weight is 299 g/mol. The van der Waals surface area contributed by atoms with Gasteiger partial charge < -0.3 is 5.73 Å². The molecule has 0 radical (unpaired) electrons. The second kappa shape index (κ2) is 6.31. The third-order valence-electron chi connectivity index (χ3n) is 3.40. The van der Waals surface area contributed by atoms with Crippen LogP contribution >= 0.6 is 0 Å². The van der Waals surface area contributed by atoms with Crippen molar-refractivity contribution in [3.8, 4) is 6.07 Å². The quantitative estimate of drug-likeness (QED) is 0.832. The van der Waals surface area contributed by atoms with Crippen LogP contribution in [0, 0.1) is 17.1 Å². The van der Waals surface area contributed by atoms with Crippen LogP contribution in [-0.4, -0.2) is 20.5 Å². The summed E-state index contributed by atoms with van der Waals surface area (Å²) >= 11 is 0. The summed E-state index contributed by atoms with van der Waals surface area (Å²) in [7, 11) is -3.97. The SMILES string of the molecule is CCC(N)(CC)CNS(=O)(=O)c1cccc(F)c1C#N. The van der Waals surface area contributed by atoms with Crippen molar-refractivity contribution >= 4 is 10.0 Å². The molecular weight excluding hydrogens is 281 g/mol. The lowest BCUT2D eigenvalue weighted by atomic mass is 9.95. The van der Waals surface area contributed by atoms with Crippen LogP contribution in [0.5, 0.6) is 0 Å². The van der Waals surface area contributed by atoms with Crippen molar-refractivity contribution in [1.82, 2.24) is 4.72 Å². The molecule has 110 valence electrons. The first-order chi connectivity index (χ1) is 9.29. The molecule has 0 bridgehead atoms. The van der Waals surface area contributed by atoms with Gasteiger partial charge in [0.05, 0.1) is 0 Å². The van der Waals surface area contributed by atoms with Crippen molar-refractivity contribution in [2.24, 2.45) is 5.73 Å². The van der Waals surface area contributed by atoms with Crippen molar-refractivity contribution in [2.45, 2.75) is 37.1 Å². The molecule has 7 heteroatoms. The second-order valence-electron chi connectivity index (χ2n) is 4.62. The summed E-state index contributed by atoms with van der Waals surface area (Å²) in [5.74, 6) is -0.861. The molecule has 1 aromatic carbocycles. The molecule has 0 fully saturated rings. The van der Waals surface area contributed by atoms with Crippen LogP contribution in [0.15, 0.2) is 23.1 Å². The van der Waals surface area contributed by atoms with Crippen molar-refractivity contribution in [3.05, 3.63) is 29.6 Å². The van der Waals surface area contributed by atoms with E-state index in [-0.39, 0.29) is 11.4 Å². The van der Waals surface area contributed by atoms with Gasteiger partial charge in [0.25, 0.3) is 0 Å². The van der Waals surface area contributed by atoms with E-state index in [9.17, 15) is 12.8 Å². The van der Waals surface area contributed by atoms with Gasteiger partial charge in [0.15, 0.2) is 0 Å². The van der Waals surface area contributed by atoms with Crippen LogP contribution in [0.4, 0.5) is 4.39 Å². The molecule has 0 unspecified atom stereocenters.